The van der Waals surface area contributed by atoms with Crippen molar-refractivity contribution in [2.75, 3.05) is 20.2 Å². The summed E-state index contributed by atoms with van der Waals surface area (Å²) in [6, 6.07) is 18.5. The Balaban J connectivity index is 0.000000193. The summed E-state index contributed by atoms with van der Waals surface area (Å²) in [5.41, 5.74) is 11.0. The van der Waals surface area contributed by atoms with Gasteiger partial charge in [0.1, 0.15) is 11.4 Å². The highest BCUT2D eigenvalue weighted by Gasteiger charge is 2.33. The maximum atomic E-state index is 5.84. The van der Waals surface area contributed by atoms with Gasteiger partial charge in [-0.15, -0.1) is 0 Å². The van der Waals surface area contributed by atoms with Gasteiger partial charge in [0.25, 0.3) is 0 Å². The van der Waals surface area contributed by atoms with Crippen LogP contribution in [0, 0.1) is 6.92 Å². The number of nitrogens with one attached hydrogen (secondary N) is 1. The molecular weight excluding hydrogens is 394 g/mol. The van der Waals surface area contributed by atoms with Crippen LogP contribution in [0.5, 0.6) is 5.75 Å². The molecule has 0 aliphatic carbocycles. The zero-order valence-corrected chi connectivity index (χ0v) is 19.1. The predicted molar refractivity (Wildman–Crippen MR) is 136 cm³/mol. The van der Waals surface area contributed by atoms with Crippen molar-refractivity contribution >= 4 is 16.5 Å². The third-order valence-electron chi connectivity index (χ3n) is 6.01. The van der Waals surface area contributed by atoms with Crippen LogP contribution in [0.3, 0.4) is 0 Å². The molecule has 1 aliphatic rings. The van der Waals surface area contributed by atoms with Gasteiger partial charge in [0.15, 0.2) is 0 Å². The van der Waals surface area contributed by atoms with E-state index >= 15 is 0 Å². The number of nitrogens with zero attached hydrogens (tertiary/aromatic N) is 1. The Labute approximate surface area is 191 Å². The average Bonchev–Trinajstić information content (AvgIpc) is 3.34. The van der Waals surface area contributed by atoms with Crippen molar-refractivity contribution in [2.24, 2.45) is 5.73 Å². The maximum absolute atomic E-state index is 5.84. The molecule has 0 amide bonds. The van der Waals surface area contributed by atoms with Gasteiger partial charge >= 0.3 is 0 Å². The molecule has 1 aromatic heterocycles. The number of pyridine rings is 1. The van der Waals surface area contributed by atoms with Crippen molar-refractivity contribution in [1.29, 1.82) is 0 Å². The van der Waals surface area contributed by atoms with Gasteiger partial charge in [-0.1, -0.05) is 79.9 Å². The molecule has 1 aliphatic heterocycles. The van der Waals surface area contributed by atoms with E-state index in [1.54, 1.807) is 19.3 Å². The fraction of sp³-hybridized carbons (Fsp3) is 0.250. The normalized spacial score (nSPS) is 18.0. The highest BCUT2D eigenvalue weighted by molar-refractivity contribution is 5.89. The van der Waals surface area contributed by atoms with E-state index in [0.717, 1.165) is 46.4 Å². The predicted octanol–water partition coefficient (Wildman–Crippen LogP) is 5.53. The molecule has 2 heterocycles. The van der Waals surface area contributed by atoms with Crippen LogP contribution in [0.2, 0.25) is 0 Å². The minimum Gasteiger partial charge on any atom is -0.494 e. The highest BCUT2D eigenvalue weighted by atomic mass is 16.5. The van der Waals surface area contributed by atoms with Gasteiger partial charge in [-0.2, -0.15) is 0 Å². The van der Waals surface area contributed by atoms with Gasteiger partial charge in [-0.05, 0) is 37.9 Å². The molecule has 32 heavy (non-hydrogen) atoms. The van der Waals surface area contributed by atoms with E-state index in [2.05, 4.69) is 53.8 Å². The SMILES string of the molecule is C=C/C=C(\C=C)c1nc2ccccc2c(C)c1OC.NCC1(c2ccccc2)CCCN1. The van der Waals surface area contributed by atoms with E-state index in [0.29, 0.717) is 6.54 Å². The molecule has 0 saturated carbocycles. The van der Waals surface area contributed by atoms with Crippen LogP contribution in [0.15, 0.2) is 86.0 Å². The molecule has 4 rings (SSSR count). The molecule has 0 bridgehead atoms. The number of allylic oxidation sites excluding steroid dienone is 4. The zero-order valence-electron chi connectivity index (χ0n) is 19.1. The first kappa shape index (κ1) is 23.5. The van der Waals surface area contributed by atoms with Crippen molar-refractivity contribution in [3.63, 3.8) is 0 Å². The lowest BCUT2D eigenvalue weighted by Crippen LogP contribution is -2.43. The molecule has 0 spiro atoms. The summed E-state index contributed by atoms with van der Waals surface area (Å²) in [5.74, 6) is 0.784. The van der Waals surface area contributed by atoms with Gasteiger partial charge in [-0.25, -0.2) is 4.98 Å². The first-order valence-electron chi connectivity index (χ1n) is 11.0. The number of hydrogen-bond acceptors (Lipinski definition) is 4. The third kappa shape index (κ3) is 4.82. The Morgan fingerprint density at radius 1 is 1.16 bits per heavy atom. The number of ether oxygens (including phenoxy) is 1. The van der Waals surface area contributed by atoms with E-state index in [1.807, 2.05) is 37.3 Å². The Bertz CT molecular complexity index is 1100. The van der Waals surface area contributed by atoms with E-state index in [-0.39, 0.29) is 5.54 Å². The quantitative estimate of drug-likeness (QED) is 0.508. The number of fused-ring (bicyclic) bond motifs is 1. The van der Waals surface area contributed by atoms with Gasteiger partial charge in [0, 0.05) is 23.1 Å². The van der Waals surface area contributed by atoms with Crippen LogP contribution in [0.25, 0.3) is 16.5 Å². The van der Waals surface area contributed by atoms with Crippen LogP contribution in [-0.2, 0) is 5.54 Å². The molecule has 1 saturated heterocycles. The Hall–Kier alpha value is -3.21. The van der Waals surface area contributed by atoms with E-state index in [9.17, 15) is 0 Å². The summed E-state index contributed by atoms with van der Waals surface area (Å²) >= 11 is 0. The van der Waals surface area contributed by atoms with Crippen molar-refractivity contribution < 1.29 is 4.74 Å². The van der Waals surface area contributed by atoms with Crippen molar-refractivity contribution in [2.45, 2.75) is 25.3 Å². The smallest absolute Gasteiger partial charge is 0.148 e. The second-order valence-corrected chi connectivity index (χ2v) is 7.88. The summed E-state index contributed by atoms with van der Waals surface area (Å²) in [4.78, 5) is 4.68. The van der Waals surface area contributed by atoms with E-state index in [1.165, 1.54) is 12.0 Å². The molecule has 4 nitrogen and oxygen atoms in total. The molecule has 1 fully saturated rings. The summed E-state index contributed by atoms with van der Waals surface area (Å²) < 4.78 is 5.53. The van der Waals surface area contributed by atoms with Crippen LogP contribution in [-0.4, -0.2) is 25.2 Å². The van der Waals surface area contributed by atoms with Crippen LogP contribution < -0.4 is 15.8 Å². The number of para-hydroxylation sites is 1. The van der Waals surface area contributed by atoms with Crippen molar-refractivity contribution in [3.05, 3.63) is 103 Å². The third-order valence-corrected chi connectivity index (χ3v) is 6.01. The average molecular weight is 428 g/mol. The summed E-state index contributed by atoms with van der Waals surface area (Å²) in [6.45, 7) is 11.4. The standard InChI is InChI=1S/C17H17NO.C11H16N2/c1-5-9-13(6-2)16-17(19-4)12(3)14-10-7-8-11-15(14)18-16;12-9-11(7-4-8-13-11)10-5-2-1-3-6-10/h5-11H,1-2H2,3-4H3;1-3,5-6,13H,4,7-9,12H2/b13-9+;. The molecule has 0 radical (unpaired) electrons. The van der Waals surface area contributed by atoms with Gasteiger partial charge < -0.3 is 15.8 Å². The van der Waals surface area contributed by atoms with Crippen molar-refractivity contribution in [1.82, 2.24) is 10.3 Å². The lowest BCUT2D eigenvalue weighted by Gasteiger charge is -2.28. The number of rotatable bonds is 6. The van der Waals surface area contributed by atoms with Gasteiger partial charge in [-0.3, -0.25) is 0 Å². The van der Waals surface area contributed by atoms with Crippen LogP contribution >= 0.6 is 0 Å². The second kappa shape index (κ2) is 10.9. The number of methoxy groups -OCH3 is 1. The van der Waals surface area contributed by atoms with E-state index < -0.39 is 0 Å². The number of aryl methyl sites for hydroxylation is 1. The minimum absolute atomic E-state index is 0.0568. The first-order valence-corrected chi connectivity index (χ1v) is 11.0. The van der Waals surface area contributed by atoms with Gasteiger partial charge in [0.05, 0.1) is 18.2 Å². The Morgan fingerprint density at radius 3 is 2.47 bits per heavy atom. The number of benzene rings is 2. The number of nitrogens with two attached hydrogens (primary N) is 1. The van der Waals surface area contributed by atoms with Crippen LogP contribution in [0.1, 0.15) is 29.7 Å². The summed E-state index contributed by atoms with van der Waals surface area (Å²) in [6.07, 6.45) is 7.76. The molecular formula is C28H33N3O. The lowest BCUT2D eigenvalue weighted by atomic mass is 9.89. The van der Waals surface area contributed by atoms with Crippen molar-refractivity contribution in [3.8, 4) is 5.75 Å². The summed E-state index contributed by atoms with van der Waals surface area (Å²) in [5, 5.41) is 4.61. The highest BCUT2D eigenvalue weighted by Crippen LogP contribution is 2.33. The number of aromatic nitrogens is 1. The molecule has 166 valence electrons. The molecule has 1 unspecified atom stereocenters. The molecule has 3 aromatic rings. The molecule has 2 aromatic carbocycles. The molecule has 4 heteroatoms. The topological polar surface area (TPSA) is 60.2 Å². The lowest BCUT2D eigenvalue weighted by molar-refractivity contribution is 0.402. The minimum atomic E-state index is 0.0568. The van der Waals surface area contributed by atoms with Gasteiger partial charge in [0.2, 0.25) is 0 Å². The zero-order chi connectivity index (χ0) is 23.0. The monoisotopic (exact) mass is 427 g/mol. The maximum Gasteiger partial charge on any atom is 0.148 e. The second-order valence-electron chi connectivity index (χ2n) is 7.88. The first-order chi connectivity index (χ1) is 15.6. The van der Waals surface area contributed by atoms with Crippen LogP contribution in [0.4, 0.5) is 0 Å². The summed E-state index contributed by atoms with van der Waals surface area (Å²) in [7, 11) is 1.66. The number of hydrogen-bond donors (Lipinski definition) is 2. The van der Waals surface area contributed by atoms with E-state index in [4.69, 9.17) is 10.5 Å². The Kier molecular flexibility index (Phi) is 7.98. The fourth-order valence-electron chi connectivity index (χ4n) is 4.28. The Morgan fingerprint density at radius 2 is 1.88 bits per heavy atom. The molecule has 1 atom stereocenters. The largest absolute Gasteiger partial charge is 0.494 e. The molecule has 3 N–H and O–H groups in total. The fourth-order valence-corrected chi connectivity index (χ4v) is 4.28.